The van der Waals surface area contributed by atoms with E-state index in [0.29, 0.717) is 42.9 Å². The highest BCUT2D eigenvalue weighted by molar-refractivity contribution is 6.31. The Labute approximate surface area is 182 Å². The normalized spacial score (nSPS) is 18.8. The summed E-state index contributed by atoms with van der Waals surface area (Å²) in [5.41, 5.74) is 1.97. The van der Waals surface area contributed by atoms with Crippen molar-refractivity contribution in [2.75, 3.05) is 26.0 Å². The number of halogens is 2. The third kappa shape index (κ3) is 3.88. The number of hydrogen-bond acceptors (Lipinski definition) is 6. The standard InChI is InChI=1S/C20H21ClFN5O4/c1-25-10-16-17-14(24-27(16)8-6-15(25)19(29)31-2)5-7-26(18(17)28)20(30)23-11-3-4-13(22)12(21)9-11/h3-4,9,15H,5-8,10H2,1-2H3,(H,23,30). The number of benzene rings is 1. The Kier molecular flexibility index (Phi) is 5.67. The first kappa shape index (κ1) is 21.3. The van der Waals surface area contributed by atoms with Gasteiger partial charge in [-0.3, -0.25) is 24.1 Å². The summed E-state index contributed by atoms with van der Waals surface area (Å²) >= 11 is 5.76. The topological polar surface area (TPSA) is 96.8 Å². The van der Waals surface area contributed by atoms with Gasteiger partial charge in [-0.2, -0.15) is 5.10 Å². The number of aromatic nitrogens is 2. The number of esters is 1. The van der Waals surface area contributed by atoms with Crippen LogP contribution in [0.2, 0.25) is 5.02 Å². The first-order valence-electron chi connectivity index (χ1n) is 9.74. The number of anilines is 1. The molecule has 9 nitrogen and oxygen atoms in total. The smallest absolute Gasteiger partial charge is 0.328 e. The molecule has 164 valence electrons. The summed E-state index contributed by atoms with van der Waals surface area (Å²) in [6.07, 6.45) is 0.920. The van der Waals surface area contributed by atoms with Gasteiger partial charge in [0.05, 0.1) is 29.1 Å². The van der Waals surface area contributed by atoms with Crippen LogP contribution in [0.3, 0.4) is 0 Å². The average Bonchev–Trinajstić information content (AvgIpc) is 3.00. The number of nitrogens with one attached hydrogen (secondary N) is 1. The Morgan fingerprint density at radius 2 is 2.10 bits per heavy atom. The predicted molar refractivity (Wildman–Crippen MR) is 109 cm³/mol. The number of hydrogen-bond donors (Lipinski definition) is 1. The molecule has 2 aromatic rings. The molecule has 1 aromatic heterocycles. The molecule has 0 spiro atoms. The first-order chi connectivity index (χ1) is 14.8. The number of carbonyl (C=O) groups excluding carboxylic acids is 3. The Morgan fingerprint density at radius 1 is 1.32 bits per heavy atom. The van der Waals surface area contributed by atoms with Crippen LogP contribution < -0.4 is 5.32 Å². The summed E-state index contributed by atoms with van der Waals surface area (Å²) in [6.45, 7) is 0.945. The summed E-state index contributed by atoms with van der Waals surface area (Å²) in [5.74, 6) is -1.40. The van der Waals surface area contributed by atoms with E-state index in [-0.39, 0.29) is 23.2 Å². The van der Waals surface area contributed by atoms with Crippen LogP contribution in [0.25, 0.3) is 0 Å². The number of likely N-dealkylation sites (N-methyl/N-ethyl adjacent to an activating group) is 1. The monoisotopic (exact) mass is 449 g/mol. The highest BCUT2D eigenvalue weighted by Crippen LogP contribution is 2.28. The van der Waals surface area contributed by atoms with E-state index in [4.69, 9.17) is 16.3 Å². The van der Waals surface area contributed by atoms with Crippen molar-refractivity contribution in [3.8, 4) is 0 Å². The van der Waals surface area contributed by atoms with Crippen LogP contribution in [0.4, 0.5) is 14.9 Å². The number of fused-ring (bicyclic) bond motifs is 3. The van der Waals surface area contributed by atoms with Gasteiger partial charge in [-0.25, -0.2) is 9.18 Å². The van der Waals surface area contributed by atoms with Crippen LogP contribution in [0, 0.1) is 5.82 Å². The Bertz CT molecular complexity index is 1070. The molecular weight excluding hydrogens is 429 g/mol. The molecule has 0 saturated carbocycles. The number of imide groups is 1. The second-order valence-corrected chi connectivity index (χ2v) is 7.91. The molecule has 0 fully saturated rings. The molecule has 2 aliphatic rings. The molecule has 0 saturated heterocycles. The predicted octanol–water partition coefficient (Wildman–Crippen LogP) is 2.28. The lowest BCUT2D eigenvalue weighted by molar-refractivity contribution is -0.146. The highest BCUT2D eigenvalue weighted by Gasteiger charge is 2.37. The highest BCUT2D eigenvalue weighted by atomic mass is 35.5. The minimum absolute atomic E-state index is 0.129. The summed E-state index contributed by atoms with van der Waals surface area (Å²) in [6, 6.07) is 2.71. The zero-order valence-corrected chi connectivity index (χ0v) is 17.8. The second-order valence-electron chi connectivity index (χ2n) is 7.50. The quantitative estimate of drug-likeness (QED) is 0.706. The van der Waals surface area contributed by atoms with Crippen LogP contribution in [0.1, 0.15) is 28.2 Å². The molecule has 0 aliphatic carbocycles. The van der Waals surface area contributed by atoms with Crippen LogP contribution in [0.5, 0.6) is 0 Å². The van der Waals surface area contributed by atoms with E-state index >= 15 is 0 Å². The van der Waals surface area contributed by atoms with Crippen molar-refractivity contribution in [2.45, 2.75) is 32.0 Å². The number of urea groups is 1. The molecule has 4 rings (SSSR count). The van der Waals surface area contributed by atoms with Gasteiger partial charge in [0.15, 0.2) is 0 Å². The number of methoxy groups -OCH3 is 1. The van der Waals surface area contributed by atoms with Gasteiger partial charge in [0, 0.05) is 31.7 Å². The molecule has 1 aromatic carbocycles. The maximum Gasteiger partial charge on any atom is 0.328 e. The van der Waals surface area contributed by atoms with Gasteiger partial charge in [-0.1, -0.05) is 11.6 Å². The van der Waals surface area contributed by atoms with Crippen molar-refractivity contribution in [2.24, 2.45) is 0 Å². The van der Waals surface area contributed by atoms with E-state index < -0.39 is 23.8 Å². The molecule has 1 atom stereocenters. The number of ether oxygens (including phenoxy) is 1. The second kappa shape index (κ2) is 8.27. The van der Waals surface area contributed by atoms with Crippen molar-refractivity contribution in [1.29, 1.82) is 0 Å². The Hall–Kier alpha value is -2.98. The van der Waals surface area contributed by atoms with Gasteiger partial charge < -0.3 is 10.1 Å². The molecule has 11 heteroatoms. The number of carbonyl (C=O) groups is 3. The molecule has 2 aliphatic heterocycles. The first-order valence-corrected chi connectivity index (χ1v) is 10.1. The molecule has 1 unspecified atom stereocenters. The third-order valence-corrected chi connectivity index (χ3v) is 5.89. The molecule has 3 heterocycles. The maximum atomic E-state index is 13.4. The van der Waals surface area contributed by atoms with E-state index in [1.54, 1.807) is 11.7 Å². The molecule has 31 heavy (non-hydrogen) atoms. The van der Waals surface area contributed by atoms with E-state index in [0.717, 1.165) is 11.0 Å². The summed E-state index contributed by atoms with van der Waals surface area (Å²) in [7, 11) is 3.13. The van der Waals surface area contributed by atoms with Crippen molar-refractivity contribution in [1.82, 2.24) is 19.6 Å². The number of aryl methyl sites for hydroxylation is 1. The molecular formula is C20H21ClFN5O4. The molecule has 1 N–H and O–H groups in total. The van der Waals surface area contributed by atoms with Crippen LogP contribution in [0.15, 0.2) is 18.2 Å². The lowest BCUT2D eigenvalue weighted by Crippen LogP contribution is -2.45. The van der Waals surface area contributed by atoms with Crippen LogP contribution in [-0.4, -0.2) is 64.2 Å². The zero-order valence-electron chi connectivity index (χ0n) is 17.0. The van der Waals surface area contributed by atoms with Crippen molar-refractivity contribution < 1.29 is 23.5 Å². The summed E-state index contributed by atoms with van der Waals surface area (Å²) in [5, 5.41) is 7.01. The summed E-state index contributed by atoms with van der Waals surface area (Å²) in [4.78, 5) is 40.9. The van der Waals surface area contributed by atoms with Crippen molar-refractivity contribution in [3.63, 3.8) is 0 Å². The van der Waals surface area contributed by atoms with Crippen molar-refractivity contribution >= 4 is 35.2 Å². The maximum absolute atomic E-state index is 13.4. The summed E-state index contributed by atoms with van der Waals surface area (Å²) < 4.78 is 20.0. The van der Waals surface area contributed by atoms with Gasteiger partial charge >= 0.3 is 12.0 Å². The van der Waals surface area contributed by atoms with E-state index in [2.05, 4.69) is 10.4 Å². The van der Waals surface area contributed by atoms with E-state index in [9.17, 15) is 18.8 Å². The van der Waals surface area contributed by atoms with E-state index in [1.165, 1.54) is 19.2 Å². The number of nitrogens with zero attached hydrogens (tertiary/aromatic N) is 4. The number of amides is 3. The molecule has 0 bridgehead atoms. The molecule has 0 radical (unpaired) electrons. The SMILES string of the molecule is COC(=O)C1CCn2nc3c(c2CN1C)C(=O)N(C(=O)Nc1ccc(F)c(Cl)c1)CC3. The largest absolute Gasteiger partial charge is 0.468 e. The fraction of sp³-hybridized carbons (Fsp3) is 0.400. The minimum atomic E-state index is -0.632. The Balaban J connectivity index is 1.57. The zero-order chi connectivity index (χ0) is 22.3. The minimum Gasteiger partial charge on any atom is -0.468 e. The Morgan fingerprint density at radius 3 is 2.81 bits per heavy atom. The van der Waals surface area contributed by atoms with Crippen molar-refractivity contribution in [3.05, 3.63) is 46.0 Å². The van der Waals surface area contributed by atoms with Gasteiger partial charge in [0.25, 0.3) is 5.91 Å². The lowest BCUT2D eigenvalue weighted by atomic mass is 10.0. The van der Waals surface area contributed by atoms with Gasteiger partial charge in [0.1, 0.15) is 11.9 Å². The molecule has 3 amide bonds. The van der Waals surface area contributed by atoms with Gasteiger partial charge in [-0.15, -0.1) is 0 Å². The fourth-order valence-corrected chi connectivity index (χ4v) is 4.16. The van der Waals surface area contributed by atoms with Gasteiger partial charge in [0.2, 0.25) is 0 Å². The van der Waals surface area contributed by atoms with E-state index in [1.807, 2.05) is 4.90 Å². The van der Waals surface area contributed by atoms with Crippen LogP contribution >= 0.6 is 11.6 Å². The number of rotatable bonds is 2. The lowest BCUT2D eigenvalue weighted by Gasteiger charge is -2.26. The van der Waals surface area contributed by atoms with Crippen LogP contribution in [-0.2, 0) is 29.0 Å². The average molecular weight is 450 g/mol. The fourth-order valence-electron chi connectivity index (χ4n) is 3.98. The van der Waals surface area contributed by atoms with Gasteiger partial charge in [-0.05, 0) is 31.7 Å². The third-order valence-electron chi connectivity index (χ3n) is 5.60.